The van der Waals surface area contributed by atoms with Gasteiger partial charge in [0, 0.05) is 36.6 Å². The summed E-state index contributed by atoms with van der Waals surface area (Å²) in [4.78, 5) is 22.3. The van der Waals surface area contributed by atoms with Crippen molar-refractivity contribution in [3.8, 4) is 5.75 Å². The minimum Gasteiger partial charge on any atom is -0.497 e. The highest BCUT2D eigenvalue weighted by atomic mass is 32.1. The zero-order chi connectivity index (χ0) is 19.8. The lowest BCUT2D eigenvalue weighted by Crippen LogP contribution is -2.39. The molecule has 2 aliphatic rings. The molecule has 1 atom stereocenters. The topological polar surface area (TPSA) is 45.7 Å². The summed E-state index contributed by atoms with van der Waals surface area (Å²) in [5, 5.41) is 3.88. The number of methoxy groups -OCH3 is 1. The van der Waals surface area contributed by atoms with E-state index in [1.54, 1.807) is 18.4 Å². The number of carbonyl (C=O) groups excluding carboxylic acids is 1. The van der Waals surface area contributed by atoms with Crippen molar-refractivity contribution >= 4 is 22.9 Å². The maximum atomic E-state index is 13.1. The number of hydrogen-bond donors (Lipinski definition) is 0. The van der Waals surface area contributed by atoms with E-state index in [1.807, 2.05) is 52.2 Å². The molecule has 29 heavy (non-hydrogen) atoms. The molecule has 2 aliphatic heterocycles. The number of carbonyl (C=O) groups is 1. The van der Waals surface area contributed by atoms with Gasteiger partial charge in [-0.3, -0.25) is 14.7 Å². The average Bonchev–Trinajstić information content (AvgIpc) is 3.49. The summed E-state index contributed by atoms with van der Waals surface area (Å²) in [5.74, 6) is 0.959. The highest BCUT2D eigenvalue weighted by Crippen LogP contribution is 2.45. The summed E-state index contributed by atoms with van der Waals surface area (Å²) < 4.78 is 5.36. The van der Waals surface area contributed by atoms with E-state index in [-0.39, 0.29) is 11.3 Å². The number of thiophene rings is 1. The van der Waals surface area contributed by atoms with Crippen LogP contribution in [0.4, 0.5) is 5.69 Å². The molecule has 0 aliphatic carbocycles. The van der Waals surface area contributed by atoms with E-state index in [0.29, 0.717) is 6.54 Å². The minimum absolute atomic E-state index is 0.0728. The molecule has 5 rings (SSSR count). The summed E-state index contributed by atoms with van der Waals surface area (Å²) in [6.45, 7) is 3.47. The third kappa shape index (κ3) is 3.22. The standard InChI is InChI=1S/C23H23N3O2S/c1-28-19-5-2-4-17(12-19)13-25-10-8-23(15-25)16-26(20-6-3-9-24-21(20)23)22(27)18-7-11-29-14-18/h2-7,9,11-12,14H,8,10,13,15-16H2,1H3. The van der Waals surface area contributed by atoms with Gasteiger partial charge in [0.05, 0.1) is 24.1 Å². The number of nitrogens with zero attached hydrogens (tertiary/aromatic N) is 3. The maximum absolute atomic E-state index is 13.1. The number of amides is 1. The quantitative estimate of drug-likeness (QED) is 0.659. The van der Waals surface area contributed by atoms with Crippen LogP contribution in [0.3, 0.4) is 0 Å². The van der Waals surface area contributed by atoms with Crippen LogP contribution in [0.2, 0.25) is 0 Å². The lowest BCUT2D eigenvalue weighted by Gasteiger charge is -2.25. The highest BCUT2D eigenvalue weighted by molar-refractivity contribution is 7.08. The van der Waals surface area contributed by atoms with Gasteiger partial charge in [0.15, 0.2) is 0 Å². The largest absolute Gasteiger partial charge is 0.497 e. The molecule has 0 saturated carbocycles. The lowest BCUT2D eigenvalue weighted by atomic mass is 9.85. The van der Waals surface area contributed by atoms with E-state index >= 15 is 0 Å². The fourth-order valence-electron chi connectivity index (χ4n) is 4.65. The van der Waals surface area contributed by atoms with E-state index in [4.69, 9.17) is 9.72 Å². The van der Waals surface area contributed by atoms with Gasteiger partial charge >= 0.3 is 0 Å². The van der Waals surface area contributed by atoms with Crippen molar-refractivity contribution in [3.63, 3.8) is 0 Å². The minimum atomic E-state index is -0.0961. The molecular formula is C23H23N3O2S. The first-order valence-electron chi connectivity index (χ1n) is 9.83. The summed E-state index contributed by atoms with van der Waals surface area (Å²) in [6.07, 6.45) is 2.86. The smallest absolute Gasteiger partial charge is 0.259 e. The van der Waals surface area contributed by atoms with E-state index in [0.717, 1.165) is 48.7 Å². The molecule has 1 fully saturated rings. The Bertz CT molecular complexity index is 1040. The fraction of sp³-hybridized carbons (Fsp3) is 0.304. The van der Waals surface area contributed by atoms with Gasteiger partial charge in [0.25, 0.3) is 5.91 Å². The average molecular weight is 406 g/mol. The van der Waals surface area contributed by atoms with Crippen LogP contribution in [-0.4, -0.2) is 42.5 Å². The molecule has 0 N–H and O–H groups in total. The van der Waals surface area contributed by atoms with Crippen LogP contribution in [0.25, 0.3) is 0 Å². The van der Waals surface area contributed by atoms with Crippen LogP contribution in [0, 0.1) is 0 Å². The number of ether oxygens (including phenoxy) is 1. The second kappa shape index (κ2) is 7.28. The van der Waals surface area contributed by atoms with Crippen molar-refractivity contribution in [1.29, 1.82) is 0 Å². The third-order valence-corrected chi connectivity index (χ3v) is 6.71. The Morgan fingerprint density at radius 2 is 2.17 bits per heavy atom. The number of fused-ring (bicyclic) bond motifs is 2. The Morgan fingerprint density at radius 1 is 1.24 bits per heavy atom. The molecule has 1 aromatic carbocycles. The summed E-state index contributed by atoms with van der Waals surface area (Å²) in [5.41, 5.74) is 3.94. The van der Waals surface area contributed by atoms with Gasteiger partial charge < -0.3 is 9.64 Å². The van der Waals surface area contributed by atoms with Crippen LogP contribution < -0.4 is 9.64 Å². The Balaban J connectivity index is 1.40. The first-order chi connectivity index (χ1) is 14.2. The molecule has 5 nitrogen and oxygen atoms in total. The molecular weight excluding hydrogens is 382 g/mol. The van der Waals surface area contributed by atoms with E-state index in [1.165, 1.54) is 5.56 Å². The second-order valence-electron chi connectivity index (χ2n) is 7.87. The summed E-state index contributed by atoms with van der Waals surface area (Å²) in [6, 6.07) is 14.1. The van der Waals surface area contributed by atoms with Gasteiger partial charge in [-0.2, -0.15) is 11.3 Å². The van der Waals surface area contributed by atoms with Gasteiger partial charge in [-0.1, -0.05) is 12.1 Å². The van der Waals surface area contributed by atoms with Crippen LogP contribution >= 0.6 is 11.3 Å². The molecule has 3 aromatic rings. The number of rotatable bonds is 4. The zero-order valence-corrected chi connectivity index (χ0v) is 17.2. The van der Waals surface area contributed by atoms with Crippen molar-refractivity contribution < 1.29 is 9.53 Å². The van der Waals surface area contributed by atoms with E-state index < -0.39 is 0 Å². The van der Waals surface area contributed by atoms with Gasteiger partial charge in [-0.05, 0) is 54.2 Å². The van der Waals surface area contributed by atoms with Gasteiger partial charge in [-0.15, -0.1) is 0 Å². The van der Waals surface area contributed by atoms with Crippen LogP contribution in [-0.2, 0) is 12.0 Å². The first-order valence-corrected chi connectivity index (χ1v) is 10.8. The molecule has 1 amide bonds. The van der Waals surface area contributed by atoms with Crippen molar-refractivity contribution in [2.24, 2.45) is 0 Å². The number of pyridine rings is 1. The Kier molecular flexibility index (Phi) is 4.60. The highest BCUT2D eigenvalue weighted by Gasteiger charge is 2.49. The number of aromatic nitrogens is 1. The molecule has 6 heteroatoms. The number of hydrogen-bond acceptors (Lipinski definition) is 5. The molecule has 1 unspecified atom stereocenters. The maximum Gasteiger partial charge on any atom is 0.259 e. The molecule has 0 radical (unpaired) electrons. The summed E-state index contributed by atoms with van der Waals surface area (Å²) >= 11 is 1.55. The third-order valence-electron chi connectivity index (χ3n) is 6.03. The first kappa shape index (κ1) is 18.3. The lowest BCUT2D eigenvalue weighted by molar-refractivity contribution is 0.0985. The molecule has 4 heterocycles. The molecule has 0 bridgehead atoms. The van der Waals surface area contributed by atoms with Crippen LogP contribution in [0.1, 0.15) is 28.0 Å². The van der Waals surface area contributed by atoms with Crippen molar-refractivity contribution in [3.05, 3.63) is 76.2 Å². The normalized spacial score (nSPS) is 20.9. The monoisotopic (exact) mass is 405 g/mol. The van der Waals surface area contributed by atoms with Gasteiger partial charge in [0.1, 0.15) is 5.75 Å². The Hall–Kier alpha value is -2.70. The zero-order valence-electron chi connectivity index (χ0n) is 16.4. The molecule has 1 saturated heterocycles. The summed E-state index contributed by atoms with van der Waals surface area (Å²) in [7, 11) is 1.70. The second-order valence-corrected chi connectivity index (χ2v) is 8.65. The van der Waals surface area contributed by atoms with E-state index in [9.17, 15) is 4.79 Å². The number of likely N-dealkylation sites (tertiary alicyclic amines) is 1. The fourth-order valence-corrected chi connectivity index (χ4v) is 5.28. The van der Waals surface area contributed by atoms with E-state index in [2.05, 4.69) is 17.0 Å². The molecule has 1 spiro atoms. The Morgan fingerprint density at radius 3 is 3.00 bits per heavy atom. The van der Waals surface area contributed by atoms with Crippen molar-refractivity contribution in [1.82, 2.24) is 9.88 Å². The van der Waals surface area contributed by atoms with Crippen molar-refractivity contribution in [2.75, 3.05) is 31.6 Å². The van der Waals surface area contributed by atoms with Crippen LogP contribution in [0.5, 0.6) is 5.75 Å². The SMILES string of the molecule is COc1cccc(CN2CCC3(C2)CN(C(=O)c2ccsc2)c2cccnc23)c1. The molecule has 148 valence electrons. The molecule has 2 aromatic heterocycles. The van der Waals surface area contributed by atoms with Gasteiger partial charge in [0.2, 0.25) is 0 Å². The number of benzene rings is 1. The predicted molar refractivity (Wildman–Crippen MR) is 115 cm³/mol. The predicted octanol–water partition coefficient (Wildman–Crippen LogP) is 3.96. The van der Waals surface area contributed by atoms with Gasteiger partial charge in [-0.25, -0.2) is 0 Å². The Labute approximate surface area is 174 Å². The van der Waals surface area contributed by atoms with Crippen molar-refractivity contribution in [2.45, 2.75) is 18.4 Å². The van der Waals surface area contributed by atoms with Crippen LogP contribution in [0.15, 0.2) is 59.4 Å². The number of anilines is 1.